The molecule has 1 aromatic rings. The molecule has 2 N–H and O–H groups in total. The van der Waals surface area contributed by atoms with E-state index in [2.05, 4.69) is 41.4 Å². The highest BCUT2D eigenvalue weighted by Gasteiger charge is 2.25. The second kappa shape index (κ2) is 7.51. The van der Waals surface area contributed by atoms with Gasteiger partial charge in [-0.15, -0.1) is 0 Å². The molecule has 19 heavy (non-hydrogen) atoms. The number of nitrogens with one attached hydrogen (secondary N) is 1. The van der Waals surface area contributed by atoms with E-state index in [1.807, 2.05) is 0 Å². The van der Waals surface area contributed by atoms with E-state index in [4.69, 9.17) is 0 Å². The first-order valence-corrected chi connectivity index (χ1v) is 7.53. The molecular formula is C16H26N2O. The Labute approximate surface area is 116 Å². The summed E-state index contributed by atoms with van der Waals surface area (Å²) in [5.41, 5.74) is 2.64. The molecule has 2 rings (SSSR count). The zero-order chi connectivity index (χ0) is 13.5. The molecular weight excluding hydrogens is 236 g/mol. The highest BCUT2D eigenvalue weighted by molar-refractivity contribution is 5.54. The third-order valence-corrected chi connectivity index (χ3v) is 3.90. The number of aliphatic hydroxyl groups is 1. The molecule has 1 aliphatic rings. The molecule has 0 spiro atoms. The Balaban J connectivity index is 2.10. The normalized spacial score (nSPS) is 15.3. The van der Waals surface area contributed by atoms with Gasteiger partial charge in [0.25, 0.3) is 0 Å². The van der Waals surface area contributed by atoms with Crippen LogP contribution in [0, 0.1) is 0 Å². The molecule has 0 saturated heterocycles. The number of aliphatic hydroxyl groups excluding tert-OH is 1. The zero-order valence-corrected chi connectivity index (χ0v) is 11.9. The maximum absolute atomic E-state index is 9.31. The summed E-state index contributed by atoms with van der Waals surface area (Å²) >= 11 is 0. The summed E-state index contributed by atoms with van der Waals surface area (Å²) in [6.45, 7) is 5.13. The second-order valence-electron chi connectivity index (χ2n) is 5.31. The van der Waals surface area contributed by atoms with Crippen LogP contribution in [0.1, 0.15) is 38.2 Å². The summed E-state index contributed by atoms with van der Waals surface area (Å²) in [5.74, 6) is 0. The topological polar surface area (TPSA) is 35.5 Å². The SMILES string of the molecule is CCCNCc1ccccc1N(CCO)C1CCC1. The lowest BCUT2D eigenvalue weighted by Gasteiger charge is -2.40. The monoisotopic (exact) mass is 262 g/mol. The number of para-hydroxylation sites is 1. The molecule has 0 amide bonds. The standard InChI is InChI=1S/C16H26N2O/c1-2-10-17-13-14-6-3-4-9-16(14)18(11-12-19)15-7-5-8-15/h3-4,6,9,15,17,19H,2,5,7-8,10-13H2,1H3. The molecule has 1 fully saturated rings. The number of rotatable bonds is 8. The van der Waals surface area contributed by atoms with Gasteiger partial charge in [0.05, 0.1) is 6.61 Å². The first-order valence-electron chi connectivity index (χ1n) is 7.53. The van der Waals surface area contributed by atoms with Crippen molar-refractivity contribution in [2.24, 2.45) is 0 Å². The highest BCUT2D eigenvalue weighted by atomic mass is 16.3. The van der Waals surface area contributed by atoms with E-state index in [-0.39, 0.29) is 6.61 Å². The smallest absolute Gasteiger partial charge is 0.0606 e. The molecule has 3 nitrogen and oxygen atoms in total. The van der Waals surface area contributed by atoms with Crippen LogP contribution in [0.5, 0.6) is 0 Å². The van der Waals surface area contributed by atoms with E-state index in [0.29, 0.717) is 6.04 Å². The van der Waals surface area contributed by atoms with Crippen molar-refractivity contribution in [3.05, 3.63) is 29.8 Å². The number of anilines is 1. The van der Waals surface area contributed by atoms with Crippen LogP contribution in [0.2, 0.25) is 0 Å². The van der Waals surface area contributed by atoms with Gasteiger partial charge in [0, 0.05) is 24.8 Å². The molecule has 0 aromatic heterocycles. The Hall–Kier alpha value is -1.06. The van der Waals surface area contributed by atoms with Crippen molar-refractivity contribution < 1.29 is 5.11 Å². The minimum atomic E-state index is 0.229. The van der Waals surface area contributed by atoms with Gasteiger partial charge in [0.1, 0.15) is 0 Å². The van der Waals surface area contributed by atoms with Crippen molar-refractivity contribution in [1.29, 1.82) is 0 Å². The number of nitrogens with zero attached hydrogens (tertiary/aromatic N) is 1. The third-order valence-electron chi connectivity index (χ3n) is 3.90. The Morgan fingerprint density at radius 3 is 2.74 bits per heavy atom. The molecule has 0 bridgehead atoms. The van der Waals surface area contributed by atoms with Gasteiger partial charge in [-0.1, -0.05) is 25.1 Å². The average molecular weight is 262 g/mol. The van der Waals surface area contributed by atoms with Crippen LogP contribution < -0.4 is 10.2 Å². The minimum absolute atomic E-state index is 0.229. The molecule has 0 unspecified atom stereocenters. The van der Waals surface area contributed by atoms with Crippen LogP contribution >= 0.6 is 0 Å². The second-order valence-corrected chi connectivity index (χ2v) is 5.31. The molecule has 3 heteroatoms. The lowest BCUT2D eigenvalue weighted by Crippen LogP contribution is -2.42. The third kappa shape index (κ3) is 3.71. The lowest BCUT2D eigenvalue weighted by atomic mass is 9.90. The molecule has 1 saturated carbocycles. The minimum Gasteiger partial charge on any atom is -0.395 e. The summed E-state index contributed by atoms with van der Waals surface area (Å²) < 4.78 is 0. The quantitative estimate of drug-likeness (QED) is 0.707. The van der Waals surface area contributed by atoms with Crippen molar-refractivity contribution in [3.8, 4) is 0 Å². The van der Waals surface area contributed by atoms with E-state index >= 15 is 0 Å². The van der Waals surface area contributed by atoms with E-state index in [1.165, 1.54) is 30.5 Å². The van der Waals surface area contributed by atoms with Gasteiger partial charge in [-0.2, -0.15) is 0 Å². The summed E-state index contributed by atoms with van der Waals surface area (Å²) in [5, 5.41) is 12.8. The molecule has 1 aromatic carbocycles. The van der Waals surface area contributed by atoms with Gasteiger partial charge in [0.2, 0.25) is 0 Å². The molecule has 1 aliphatic carbocycles. The largest absolute Gasteiger partial charge is 0.395 e. The first kappa shape index (κ1) is 14.4. The summed E-state index contributed by atoms with van der Waals surface area (Å²) in [6, 6.07) is 9.21. The van der Waals surface area contributed by atoms with Gasteiger partial charge in [-0.3, -0.25) is 0 Å². The van der Waals surface area contributed by atoms with Gasteiger partial charge in [-0.25, -0.2) is 0 Å². The maximum Gasteiger partial charge on any atom is 0.0606 e. The molecule has 0 heterocycles. The Morgan fingerprint density at radius 1 is 1.32 bits per heavy atom. The Morgan fingerprint density at radius 2 is 2.11 bits per heavy atom. The van der Waals surface area contributed by atoms with Crippen molar-refractivity contribution in [1.82, 2.24) is 5.32 Å². The fraction of sp³-hybridized carbons (Fsp3) is 0.625. The van der Waals surface area contributed by atoms with Crippen molar-refractivity contribution in [2.45, 2.75) is 45.2 Å². The van der Waals surface area contributed by atoms with Gasteiger partial charge < -0.3 is 15.3 Å². The van der Waals surface area contributed by atoms with Crippen LogP contribution in [0.25, 0.3) is 0 Å². The van der Waals surface area contributed by atoms with Crippen molar-refractivity contribution in [2.75, 3.05) is 24.6 Å². The Kier molecular flexibility index (Phi) is 5.67. The Bertz CT molecular complexity index is 377. The van der Waals surface area contributed by atoms with E-state index < -0.39 is 0 Å². The van der Waals surface area contributed by atoms with Gasteiger partial charge in [-0.05, 0) is 43.9 Å². The molecule has 0 radical (unpaired) electrons. The number of benzene rings is 1. The van der Waals surface area contributed by atoms with Crippen LogP contribution in [0.4, 0.5) is 5.69 Å². The van der Waals surface area contributed by atoms with Crippen LogP contribution in [-0.2, 0) is 6.54 Å². The summed E-state index contributed by atoms with van der Waals surface area (Å²) in [4.78, 5) is 2.40. The van der Waals surface area contributed by atoms with E-state index in [9.17, 15) is 5.11 Å². The van der Waals surface area contributed by atoms with Crippen LogP contribution in [-0.4, -0.2) is 30.8 Å². The van der Waals surface area contributed by atoms with E-state index in [0.717, 1.165) is 26.1 Å². The van der Waals surface area contributed by atoms with Crippen LogP contribution in [0.3, 0.4) is 0 Å². The summed E-state index contributed by atoms with van der Waals surface area (Å²) in [7, 11) is 0. The number of hydrogen-bond acceptors (Lipinski definition) is 3. The van der Waals surface area contributed by atoms with Crippen molar-refractivity contribution in [3.63, 3.8) is 0 Å². The predicted molar refractivity (Wildman–Crippen MR) is 80.5 cm³/mol. The summed E-state index contributed by atoms with van der Waals surface area (Å²) in [6.07, 6.45) is 5.00. The fourth-order valence-corrected chi connectivity index (χ4v) is 2.65. The van der Waals surface area contributed by atoms with Gasteiger partial charge >= 0.3 is 0 Å². The molecule has 106 valence electrons. The zero-order valence-electron chi connectivity index (χ0n) is 11.9. The van der Waals surface area contributed by atoms with Crippen LogP contribution in [0.15, 0.2) is 24.3 Å². The fourth-order valence-electron chi connectivity index (χ4n) is 2.65. The predicted octanol–water partition coefficient (Wildman–Crippen LogP) is 2.54. The highest BCUT2D eigenvalue weighted by Crippen LogP contribution is 2.31. The lowest BCUT2D eigenvalue weighted by molar-refractivity contribution is 0.283. The van der Waals surface area contributed by atoms with Gasteiger partial charge in [0.15, 0.2) is 0 Å². The van der Waals surface area contributed by atoms with E-state index in [1.54, 1.807) is 0 Å². The first-order chi connectivity index (χ1) is 9.36. The average Bonchev–Trinajstić information content (AvgIpc) is 2.37. The number of hydrogen-bond donors (Lipinski definition) is 2. The van der Waals surface area contributed by atoms with Crippen molar-refractivity contribution >= 4 is 5.69 Å². The maximum atomic E-state index is 9.31. The molecule has 0 aliphatic heterocycles. The molecule has 0 atom stereocenters.